The van der Waals surface area contributed by atoms with Crippen molar-refractivity contribution in [1.82, 2.24) is 9.78 Å². The number of aromatic hydroxyl groups is 1. The highest BCUT2D eigenvalue weighted by Crippen LogP contribution is 2.20. The molecule has 0 aliphatic rings. The Morgan fingerprint density at radius 2 is 2.12 bits per heavy atom. The fourth-order valence-corrected chi connectivity index (χ4v) is 1.81. The number of aromatic nitrogens is 2. The second-order valence-corrected chi connectivity index (χ2v) is 4.18. The van der Waals surface area contributed by atoms with Crippen molar-refractivity contribution in [3.8, 4) is 11.6 Å². The summed E-state index contributed by atoms with van der Waals surface area (Å²) in [6.45, 7) is 0. The fraction of sp³-hybridized carbons (Fsp3) is 0. The summed E-state index contributed by atoms with van der Waals surface area (Å²) >= 11 is 3.23. The summed E-state index contributed by atoms with van der Waals surface area (Å²) in [6.07, 6.45) is 0. The van der Waals surface area contributed by atoms with Gasteiger partial charge in [-0.05, 0) is 18.2 Å². The van der Waals surface area contributed by atoms with Gasteiger partial charge in [-0.2, -0.15) is 0 Å². The van der Waals surface area contributed by atoms with Crippen molar-refractivity contribution in [2.75, 3.05) is 0 Å². The van der Waals surface area contributed by atoms with Crippen molar-refractivity contribution in [2.45, 2.75) is 0 Å². The van der Waals surface area contributed by atoms with Crippen LogP contribution in [-0.4, -0.2) is 26.0 Å². The number of rotatable bonds is 2. The van der Waals surface area contributed by atoms with Gasteiger partial charge >= 0.3 is 5.97 Å². The number of aromatic amines is 1. The Balaban J connectivity index is 2.66. The summed E-state index contributed by atoms with van der Waals surface area (Å²) in [5, 5.41) is 20.7. The molecule has 0 aliphatic heterocycles. The molecular formula is C10H7BrN2O4. The Bertz CT molecular complexity index is 644. The van der Waals surface area contributed by atoms with Gasteiger partial charge in [-0.25, -0.2) is 9.48 Å². The number of hydrogen-bond donors (Lipinski definition) is 3. The van der Waals surface area contributed by atoms with Gasteiger partial charge in [0.15, 0.2) is 5.56 Å². The summed E-state index contributed by atoms with van der Waals surface area (Å²) < 4.78 is 1.75. The molecule has 0 amide bonds. The lowest BCUT2D eigenvalue weighted by molar-refractivity contribution is 0.0692. The van der Waals surface area contributed by atoms with Gasteiger partial charge in [-0.15, -0.1) is 0 Å². The number of benzene rings is 1. The van der Waals surface area contributed by atoms with Crippen molar-refractivity contribution >= 4 is 21.9 Å². The SMILES string of the molecule is O=C(O)c1c(O)n(-c2cccc(Br)c2)[nH]c1=O. The number of nitrogens with one attached hydrogen (secondary N) is 1. The highest BCUT2D eigenvalue weighted by atomic mass is 79.9. The topological polar surface area (TPSA) is 95.3 Å². The molecule has 7 heteroatoms. The number of aromatic carboxylic acids is 1. The molecule has 3 N–H and O–H groups in total. The van der Waals surface area contributed by atoms with E-state index in [1.807, 2.05) is 0 Å². The highest BCUT2D eigenvalue weighted by Gasteiger charge is 2.21. The number of halogens is 1. The number of nitrogens with zero attached hydrogens (tertiary/aromatic N) is 1. The van der Waals surface area contributed by atoms with E-state index in [4.69, 9.17) is 5.11 Å². The summed E-state index contributed by atoms with van der Waals surface area (Å²) in [7, 11) is 0. The predicted molar refractivity (Wildman–Crippen MR) is 62.7 cm³/mol. The van der Waals surface area contributed by atoms with Crippen LogP contribution in [-0.2, 0) is 0 Å². The van der Waals surface area contributed by atoms with E-state index in [2.05, 4.69) is 21.0 Å². The van der Waals surface area contributed by atoms with E-state index in [1.54, 1.807) is 24.3 Å². The molecule has 0 bridgehead atoms. The minimum absolute atomic E-state index is 0.446. The Labute approximate surface area is 103 Å². The van der Waals surface area contributed by atoms with Crippen LogP contribution in [0.4, 0.5) is 0 Å². The Morgan fingerprint density at radius 3 is 2.65 bits per heavy atom. The van der Waals surface area contributed by atoms with Crippen molar-refractivity contribution in [3.05, 3.63) is 44.7 Å². The summed E-state index contributed by atoms with van der Waals surface area (Å²) in [6, 6.07) is 6.70. The van der Waals surface area contributed by atoms with E-state index in [9.17, 15) is 14.7 Å². The van der Waals surface area contributed by atoms with Gasteiger partial charge in [-0.3, -0.25) is 9.89 Å². The first-order valence-corrected chi connectivity index (χ1v) is 5.33. The molecule has 0 radical (unpaired) electrons. The van der Waals surface area contributed by atoms with Gasteiger partial charge in [0.2, 0.25) is 5.88 Å². The van der Waals surface area contributed by atoms with Crippen LogP contribution in [0.5, 0.6) is 5.88 Å². The maximum atomic E-state index is 11.3. The van der Waals surface area contributed by atoms with Gasteiger partial charge < -0.3 is 10.2 Å². The van der Waals surface area contributed by atoms with Gasteiger partial charge in [0.1, 0.15) is 0 Å². The quantitative estimate of drug-likeness (QED) is 0.779. The highest BCUT2D eigenvalue weighted by molar-refractivity contribution is 9.10. The Kier molecular flexibility index (Phi) is 2.76. The van der Waals surface area contributed by atoms with Gasteiger partial charge in [0, 0.05) is 4.47 Å². The predicted octanol–water partition coefficient (Wildman–Crippen LogP) is 1.33. The molecule has 1 aromatic heterocycles. The van der Waals surface area contributed by atoms with E-state index in [0.29, 0.717) is 5.69 Å². The summed E-state index contributed by atoms with van der Waals surface area (Å²) in [4.78, 5) is 22.1. The second-order valence-electron chi connectivity index (χ2n) is 3.26. The molecule has 0 fully saturated rings. The molecule has 0 spiro atoms. The molecule has 17 heavy (non-hydrogen) atoms. The lowest BCUT2D eigenvalue weighted by Crippen LogP contribution is -2.11. The molecule has 2 aromatic rings. The number of carboxylic acids is 1. The minimum Gasteiger partial charge on any atom is -0.493 e. The van der Waals surface area contributed by atoms with Crippen LogP contribution in [0.1, 0.15) is 10.4 Å². The third-order valence-electron chi connectivity index (χ3n) is 2.16. The monoisotopic (exact) mass is 298 g/mol. The lowest BCUT2D eigenvalue weighted by Gasteiger charge is -2.04. The van der Waals surface area contributed by atoms with E-state index < -0.39 is 23.0 Å². The van der Waals surface area contributed by atoms with Crippen LogP contribution >= 0.6 is 15.9 Å². The van der Waals surface area contributed by atoms with Gasteiger partial charge in [-0.1, -0.05) is 22.0 Å². The molecule has 1 aromatic carbocycles. The maximum absolute atomic E-state index is 11.3. The zero-order chi connectivity index (χ0) is 12.6. The van der Waals surface area contributed by atoms with Crippen LogP contribution in [0.3, 0.4) is 0 Å². The normalized spacial score (nSPS) is 10.4. The molecule has 0 atom stereocenters. The fourth-order valence-electron chi connectivity index (χ4n) is 1.42. The molecule has 0 saturated carbocycles. The number of hydrogen-bond acceptors (Lipinski definition) is 3. The van der Waals surface area contributed by atoms with Crippen molar-refractivity contribution in [1.29, 1.82) is 0 Å². The van der Waals surface area contributed by atoms with Crippen molar-refractivity contribution in [2.24, 2.45) is 0 Å². The molecule has 1 heterocycles. The zero-order valence-corrected chi connectivity index (χ0v) is 9.93. The van der Waals surface area contributed by atoms with Gasteiger partial charge in [0.05, 0.1) is 5.69 Å². The lowest BCUT2D eigenvalue weighted by atomic mass is 10.3. The molecule has 2 rings (SSSR count). The van der Waals surface area contributed by atoms with Crippen LogP contribution in [0, 0.1) is 0 Å². The van der Waals surface area contributed by atoms with E-state index >= 15 is 0 Å². The van der Waals surface area contributed by atoms with Crippen LogP contribution in [0.25, 0.3) is 5.69 Å². The maximum Gasteiger partial charge on any atom is 0.347 e. The first-order chi connectivity index (χ1) is 8.00. The van der Waals surface area contributed by atoms with Crippen LogP contribution in [0.2, 0.25) is 0 Å². The Hall–Kier alpha value is -2.02. The molecule has 0 aliphatic carbocycles. The molecule has 0 unspecified atom stereocenters. The molecule has 6 nitrogen and oxygen atoms in total. The summed E-state index contributed by atoms with van der Waals surface area (Å²) in [5.74, 6) is -2.10. The van der Waals surface area contributed by atoms with Gasteiger partial charge in [0.25, 0.3) is 5.56 Å². The average Bonchev–Trinajstić information content (AvgIpc) is 2.54. The van der Waals surface area contributed by atoms with E-state index in [0.717, 1.165) is 9.15 Å². The minimum atomic E-state index is -1.47. The first kappa shape index (κ1) is 11.5. The zero-order valence-electron chi connectivity index (χ0n) is 8.35. The van der Waals surface area contributed by atoms with Crippen LogP contribution < -0.4 is 5.56 Å². The third kappa shape index (κ3) is 1.96. The number of carboxylic acid groups (broad SMARTS) is 1. The van der Waals surface area contributed by atoms with E-state index in [1.165, 1.54) is 0 Å². The van der Waals surface area contributed by atoms with Crippen molar-refractivity contribution in [3.63, 3.8) is 0 Å². The van der Waals surface area contributed by atoms with Crippen LogP contribution in [0.15, 0.2) is 33.5 Å². The van der Waals surface area contributed by atoms with E-state index in [-0.39, 0.29) is 0 Å². The third-order valence-corrected chi connectivity index (χ3v) is 2.65. The molecule has 88 valence electrons. The average molecular weight is 299 g/mol. The molecular weight excluding hydrogens is 292 g/mol. The smallest absolute Gasteiger partial charge is 0.347 e. The summed E-state index contributed by atoms with van der Waals surface area (Å²) in [5.41, 5.74) is -1.08. The standard InChI is InChI=1S/C10H7BrN2O4/c11-5-2-1-3-6(4-5)13-9(15)7(10(16)17)8(14)12-13/h1-4,15H,(H,12,14)(H,16,17). The number of H-pyrrole nitrogens is 1. The largest absolute Gasteiger partial charge is 0.493 e. The second kappa shape index (κ2) is 4.10. The number of carbonyl (C=O) groups is 1. The Morgan fingerprint density at radius 1 is 1.41 bits per heavy atom. The van der Waals surface area contributed by atoms with Crippen molar-refractivity contribution < 1.29 is 15.0 Å². The molecule has 0 saturated heterocycles. The first-order valence-electron chi connectivity index (χ1n) is 4.54.